The van der Waals surface area contributed by atoms with Crippen molar-refractivity contribution < 1.29 is 17.9 Å². The van der Waals surface area contributed by atoms with Crippen LogP contribution in [0.1, 0.15) is 18.5 Å². The van der Waals surface area contributed by atoms with Crippen molar-refractivity contribution in [2.24, 2.45) is 0 Å². The van der Waals surface area contributed by atoms with Crippen molar-refractivity contribution in [2.75, 3.05) is 24.1 Å². The Morgan fingerprint density at radius 3 is 3.05 bits per heavy atom. The average molecular weight is 319 g/mol. The molecular formula is C11H17N3O4S2. The fourth-order valence-electron chi connectivity index (χ4n) is 1.85. The lowest BCUT2D eigenvalue weighted by Crippen LogP contribution is -2.32. The third-order valence-corrected chi connectivity index (χ3v) is 4.22. The molecule has 112 valence electrons. The van der Waals surface area contributed by atoms with E-state index in [1.165, 1.54) is 0 Å². The molecule has 1 amide bonds. The molecule has 7 nitrogen and oxygen atoms in total. The largest absolute Gasteiger partial charge is 0.376 e. The number of nitrogens with one attached hydrogen (secondary N) is 2. The summed E-state index contributed by atoms with van der Waals surface area (Å²) in [7, 11) is -3.33. The Labute approximate surface area is 121 Å². The Balaban J connectivity index is 1.79. The zero-order valence-corrected chi connectivity index (χ0v) is 12.7. The van der Waals surface area contributed by atoms with Crippen molar-refractivity contribution in [1.29, 1.82) is 0 Å². The third-order valence-electron chi connectivity index (χ3n) is 2.72. The van der Waals surface area contributed by atoms with Gasteiger partial charge in [0.15, 0.2) is 5.13 Å². The molecule has 0 spiro atoms. The summed E-state index contributed by atoms with van der Waals surface area (Å²) < 4.78 is 29.8. The fourth-order valence-corrected chi connectivity index (χ4v) is 3.42. The summed E-state index contributed by atoms with van der Waals surface area (Å²) in [6.45, 7) is 1.27. The number of anilines is 1. The average Bonchev–Trinajstić information content (AvgIpc) is 2.96. The highest BCUT2D eigenvalue weighted by atomic mass is 32.2. The Morgan fingerprint density at radius 1 is 1.60 bits per heavy atom. The molecule has 20 heavy (non-hydrogen) atoms. The van der Waals surface area contributed by atoms with Gasteiger partial charge in [0.25, 0.3) is 0 Å². The number of carbonyl (C=O) groups is 1. The Morgan fingerprint density at radius 2 is 2.40 bits per heavy atom. The Bertz CT molecular complexity index is 564. The minimum absolute atomic E-state index is 0.108. The second kappa shape index (κ2) is 6.51. The molecule has 2 heterocycles. The van der Waals surface area contributed by atoms with Crippen molar-refractivity contribution in [1.82, 2.24) is 10.3 Å². The summed E-state index contributed by atoms with van der Waals surface area (Å²) in [6.07, 6.45) is 3.31. The molecule has 0 saturated carbocycles. The third kappa shape index (κ3) is 5.06. The second-order valence-electron chi connectivity index (χ2n) is 4.63. The van der Waals surface area contributed by atoms with Crippen LogP contribution in [0.2, 0.25) is 0 Å². The van der Waals surface area contributed by atoms with E-state index in [1.807, 2.05) is 0 Å². The number of hydrogen-bond acceptors (Lipinski definition) is 6. The van der Waals surface area contributed by atoms with Gasteiger partial charge in [-0.15, -0.1) is 11.3 Å². The van der Waals surface area contributed by atoms with Gasteiger partial charge in [0.1, 0.15) is 0 Å². The summed E-state index contributed by atoms with van der Waals surface area (Å²) >= 11 is 1.16. The van der Waals surface area contributed by atoms with Crippen molar-refractivity contribution in [2.45, 2.75) is 25.4 Å². The first-order valence-electron chi connectivity index (χ1n) is 6.23. The maximum absolute atomic E-state index is 11.7. The Kier molecular flexibility index (Phi) is 4.95. The molecule has 1 atom stereocenters. The van der Waals surface area contributed by atoms with E-state index < -0.39 is 10.0 Å². The number of ether oxygens (including phenoxy) is 1. The van der Waals surface area contributed by atoms with Gasteiger partial charge in [0, 0.05) is 18.5 Å². The van der Waals surface area contributed by atoms with Crippen LogP contribution >= 0.6 is 11.3 Å². The highest BCUT2D eigenvalue weighted by molar-refractivity contribution is 7.92. The molecule has 0 bridgehead atoms. The molecular weight excluding hydrogens is 302 g/mol. The topological polar surface area (TPSA) is 97.4 Å². The number of carbonyl (C=O) groups excluding carboxylic acids is 1. The fraction of sp³-hybridized carbons (Fsp3) is 0.636. The summed E-state index contributed by atoms with van der Waals surface area (Å²) in [5.41, 5.74) is 0.547. The van der Waals surface area contributed by atoms with Gasteiger partial charge in [-0.2, -0.15) is 0 Å². The maximum Gasteiger partial charge on any atom is 0.231 e. The molecule has 9 heteroatoms. The maximum atomic E-state index is 11.7. The quantitative estimate of drug-likeness (QED) is 0.788. The number of hydrogen-bond donors (Lipinski definition) is 2. The van der Waals surface area contributed by atoms with Crippen LogP contribution in [0.15, 0.2) is 5.38 Å². The molecule has 1 aliphatic heterocycles. The molecule has 1 fully saturated rings. The molecule has 2 rings (SSSR count). The first-order chi connectivity index (χ1) is 9.42. The summed E-state index contributed by atoms with van der Waals surface area (Å²) in [6, 6.07) is 0. The summed E-state index contributed by atoms with van der Waals surface area (Å²) in [5, 5.41) is 4.73. The van der Waals surface area contributed by atoms with Crippen LogP contribution in [0.3, 0.4) is 0 Å². The van der Waals surface area contributed by atoms with E-state index in [-0.39, 0.29) is 23.6 Å². The van der Waals surface area contributed by atoms with Crippen LogP contribution in [0.25, 0.3) is 0 Å². The predicted molar refractivity (Wildman–Crippen MR) is 76.3 cm³/mol. The number of sulfonamides is 1. The van der Waals surface area contributed by atoms with Gasteiger partial charge >= 0.3 is 0 Å². The second-order valence-corrected chi connectivity index (χ2v) is 7.24. The minimum Gasteiger partial charge on any atom is -0.376 e. The van der Waals surface area contributed by atoms with Crippen molar-refractivity contribution in [3.63, 3.8) is 0 Å². The molecule has 1 aromatic heterocycles. The normalized spacial score (nSPS) is 18.9. The van der Waals surface area contributed by atoms with E-state index in [1.54, 1.807) is 5.38 Å². The van der Waals surface area contributed by atoms with Gasteiger partial charge in [-0.05, 0) is 12.8 Å². The SMILES string of the molecule is CS(=O)(=O)Nc1nc(CC(=O)NCC2CCCO2)cs1. The smallest absolute Gasteiger partial charge is 0.231 e. The van der Waals surface area contributed by atoms with Gasteiger partial charge < -0.3 is 10.1 Å². The monoisotopic (exact) mass is 319 g/mol. The van der Waals surface area contributed by atoms with Gasteiger partial charge in [0.05, 0.1) is 24.5 Å². The van der Waals surface area contributed by atoms with Crippen LogP contribution in [-0.4, -0.2) is 44.8 Å². The predicted octanol–water partition coefficient (Wildman–Crippen LogP) is 0.352. The van der Waals surface area contributed by atoms with Crippen LogP contribution in [0.5, 0.6) is 0 Å². The highest BCUT2D eigenvalue weighted by Crippen LogP contribution is 2.17. The van der Waals surface area contributed by atoms with E-state index in [4.69, 9.17) is 4.74 Å². The van der Waals surface area contributed by atoms with Gasteiger partial charge in [0.2, 0.25) is 15.9 Å². The van der Waals surface area contributed by atoms with Crippen LogP contribution in [0, 0.1) is 0 Å². The van der Waals surface area contributed by atoms with Crippen LogP contribution in [-0.2, 0) is 26.0 Å². The van der Waals surface area contributed by atoms with Crippen molar-refractivity contribution in [3.05, 3.63) is 11.1 Å². The molecule has 0 aliphatic carbocycles. The summed E-state index contributed by atoms with van der Waals surface area (Å²) in [5.74, 6) is -0.142. The number of amides is 1. The molecule has 2 N–H and O–H groups in total. The standard InChI is InChI=1S/C11H17N3O4S2/c1-20(16,17)14-11-13-8(7-19-11)5-10(15)12-6-9-3-2-4-18-9/h7,9H,2-6H2,1H3,(H,12,15)(H,13,14). The van der Waals surface area contributed by atoms with Crippen molar-refractivity contribution in [3.8, 4) is 0 Å². The number of aromatic nitrogens is 1. The van der Waals surface area contributed by atoms with Gasteiger partial charge in [-0.25, -0.2) is 13.4 Å². The number of thiazole rings is 1. The minimum atomic E-state index is -3.33. The molecule has 1 saturated heterocycles. The molecule has 0 aromatic carbocycles. The van der Waals surface area contributed by atoms with E-state index in [2.05, 4.69) is 15.0 Å². The zero-order valence-electron chi connectivity index (χ0n) is 11.1. The van der Waals surface area contributed by atoms with Crippen LogP contribution in [0.4, 0.5) is 5.13 Å². The Hall–Kier alpha value is -1.19. The number of nitrogens with zero attached hydrogens (tertiary/aromatic N) is 1. The molecule has 0 radical (unpaired) electrons. The molecule has 1 aromatic rings. The summed E-state index contributed by atoms with van der Waals surface area (Å²) in [4.78, 5) is 15.8. The van der Waals surface area contributed by atoms with E-state index in [0.29, 0.717) is 12.2 Å². The van der Waals surface area contributed by atoms with E-state index in [0.717, 1.165) is 37.0 Å². The van der Waals surface area contributed by atoms with E-state index in [9.17, 15) is 13.2 Å². The van der Waals surface area contributed by atoms with Gasteiger partial charge in [-0.1, -0.05) is 0 Å². The van der Waals surface area contributed by atoms with Gasteiger partial charge in [-0.3, -0.25) is 9.52 Å². The van der Waals surface area contributed by atoms with Crippen LogP contribution < -0.4 is 10.0 Å². The van der Waals surface area contributed by atoms with E-state index >= 15 is 0 Å². The van der Waals surface area contributed by atoms with Crippen molar-refractivity contribution >= 4 is 32.4 Å². The number of rotatable bonds is 6. The first-order valence-corrected chi connectivity index (χ1v) is 9.00. The molecule has 1 aliphatic rings. The first kappa shape index (κ1) is 15.2. The zero-order chi connectivity index (χ0) is 14.6. The molecule has 1 unspecified atom stereocenters. The lowest BCUT2D eigenvalue weighted by Gasteiger charge is -2.09. The lowest BCUT2D eigenvalue weighted by atomic mass is 10.2. The lowest BCUT2D eigenvalue weighted by molar-refractivity contribution is -0.121. The highest BCUT2D eigenvalue weighted by Gasteiger charge is 2.16.